The summed E-state index contributed by atoms with van der Waals surface area (Å²) in [6.07, 6.45) is 5.40. The highest BCUT2D eigenvalue weighted by molar-refractivity contribution is 5.76. The normalized spacial score (nSPS) is 17.9. The molecule has 2 heterocycles. The Morgan fingerprint density at radius 1 is 1.57 bits per heavy atom. The molecule has 21 heavy (non-hydrogen) atoms. The van der Waals surface area contributed by atoms with E-state index >= 15 is 0 Å². The molecule has 1 N–H and O–H groups in total. The zero-order valence-corrected chi connectivity index (χ0v) is 13.0. The molecule has 1 aromatic rings. The lowest BCUT2D eigenvalue weighted by molar-refractivity contribution is -0.121. The molecule has 1 unspecified atom stereocenters. The van der Waals surface area contributed by atoms with Crippen molar-refractivity contribution in [3.05, 3.63) is 29.6 Å². The van der Waals surface area contributed by atoms with Gasteiger partial charge >= 0.3 is 0 Å². The molecule has 1 aliphatic rings. The fourth-order valence-electron chi connectivity index (χ4n) is 2.76. The van der Waals surface area contributed by atoms with Gasteiger partial charge in [0.25, 0.3) is 0 Å². The van der Waals surface area contributed by atoms with Crippen LogP contribution >= 0.6 is 0 Å². The molecule has 1 atom stereocenters. The summed E-state index contributed by atoms with van der Waals surface area (Å²) in [4.78, 5) is 11.9. The van der Waals surface area contributed by atoms with E-state index in [9.17, 15) is 4.79 Å². The average Bonchev–Trinajstić information content (AvgIpc) is 3.05. The van der Waals surface area contributed by atoms with Crippen molar-refractivity contribution in [2.45, 2.75) is 52.2 Å². The number of aromatic nitrogens is 2. The molecular formula is C16H25N3O2. The monoisotopic (exact) mass is 291 g/mol. The summed E-state index contributed by atoms with van der Waals surface area (Å²) in [5.41, 5.74) is 3.30. The number of hydrogen-bond acceptors (Lipinski definition) is 3. The summed E-state index contributed by atoms with van der Waals surface area (Å²) < 4.78 is 7.43. The Morgan fingerprint density at radius 3 is 3.05 bits per heavy atom. The van der Waals surface area contributed by atoms with Gasteiger partial charge in [0.2, 0.25) is 5.91 Å². The van der Waals surface area contributed by atoms with Crippen molar-refractivity contribution in [2.75, 3.05) is 13.2 Å². The van der Waals surface area contributed by atoms with E-state index < -0.39 is 0 Å². The van der Waals surface area contributed by atoms with Gasteiger partial charge in [0.05, 0.1) is 18.3 Å². The van der Waals surface area contributed by atoms with Crippen molar-refractivity contribution >= 4 is 5.91 Å². The summed E-state index contributed by atoms with van der Waals surface area (Å²) in [6, 6.07) is 0. The van der Waals surface area contributed by atoms with Crippen LogP contribution in [0, 0.1) is 13.8 Å². The maximum Gasteiger partial charge on any atom is 0.220 e. The first-order valence-corrected chi connectivity index (χ1v) is 7.64. The molecule has 2 rings (SSSR count). The highest BCUT2D eigenvalue weighted by Gasteiger charge is 2.17. The Labute approximate surface area is 126 Å². The zero-order valence-electron chi connectivity index (χ0n) is 13.0. The summed E-state index contributed by atoms with van der Waals surface area (Å²) in [5, 5.41) is 7.44. The Hall–Kier alpha value is -1.62. The van der Waals surface area contributed by atoms with Crippen molar-refractivity contribution in [1.29, 1.82) is 0 Å². The highest BCUT2D eigenvalue weighted by Crippen LogP contribution is 2.15. The average molecular weight is 291 g/mol. The number of ether oxygens (including phenoxy) is 1. The fraction of sp³-hybridized carbons (Fsp3) is 0.625. The molecule has 0 bridgehead atoms. The second-order valence-electron chi connectivity index (χ2n) is 5.56. The molecule has 5 nitrogen and oxygen atoms in total. The van der Waals surface area contributed by atoms with Crippen LogP contribution < -0.4 is 5.32 Å². The van der Waals surface area contributed by atoms with Gasteiger partial charge in [-0.2, -0.15) is 5.10 Å². The Balaban J connectivity index is 1.81. The maximum atomic E-state index is 11.9. The van der Waals surface area contributed by atoms with Crippen molar-refractivity contribution in [1.82, 2.24) is 15.1 Å². The van der Waals surface area contributed by atoms with Gasteiger partial charge in [0.15, 0.2) is 0 Å². The Kier molecular flexibility index (Phi) is 5.56. The topological polar surface area (TPSA) is 56.2 Å². The van der Waals surface area contributed by atoms with E-state index in [4.69, 9.17) is 4.74 Å². The molecule has 1 fully saturated rings. The standard InChI is InChI=1S/C16H25N3O2/c1-4-9-19-13(3)15(12(2)18-19)7-8-16(20)17-11-14-6-5-10-21-14/h4,14H,1,5-11H2,2-3H3,(H,17,20). The second kappa shape index (κ2) is 7.41. The van der Waals surface area contributed by atoms with Gasteiger partial charge in [-0.15, -0.1) is 6.58 Å². The molecule has 0 aliphatic carbocycles. The smallest absolute Gasteiger partial charge is 0.220 e. The van der Waals surface area contributed by atoms with Gasteiger partial charge in [0, 0.05) is 25.3 Å². The number of amides is 1. The van der Waals surface area contributed by atoms with Gasteiger partial charge in [0.1, 0.15) is 0 Å². The third kappa shape index (κ3) is 4.17. The SMILES string of the molecule is C=CCn1nc(C)c(CCC(=O)NCC2CCCO2)c1C. The fourth-order valence-corrected chi connectivity index (χ4v) is 2.76. The molecule has 5 heteroatoms. The van der Waals surface area contributed by atoms with E-state index in [1.165, 1.54) is 5.56 Å². The molecule has 1 aromatic heterocycles. The predicted octanol–water partition coefficient (Wildman–Crippen LogP) is 1.91. The zero-order chi connectivity index (χ0) is 15.2. The maximum absolute atomic E-state index is 11.9. The molecule has 0 radical (unpaired) electrons. The van der Waals surface area contributed by atoms with E-state index in [-0.39, 0.29) is 12.0 Å². The number of carbonyl (C=O) groups excluding carboxylic acids is 1. The summed E-state index contributed by atoms with van der Waals surface area (Å²) in [6.45, 7) is 9.93. The predicted molar refractivity (Wildman–Crippen MR) is 82.2 cm³/mol. The van der Waals surface area contributed by atoms with Crippen LogP contribution in [0.4, 0.5) is 0 Å². The van der Waals surface area contributed by atoms with Crippen molar-refractivity contribution in [3.63, 3.8) is 0 Å². The van der Waals surface area contributed by atoms with E-state index in [2.05, 4.69) is 17.0 Å². The van der Waals surface area contributed by atoms with Crippen LogP contribution in [0.15, 0.2) is 12.7 Å². The second-order valence-corrected chi connectivity index (χ2v) is 5.56. The lowest BCUT2D eigenvalue weighted by Gasteiger charge is -2.10. The molecule has 0 spiro atoms. The number of allylic oxidation sites excluding steroid dienone is 1. The number of aryl methyl sites for hydroxylation is 1. The third-order valence-electron chi connectivity index (χ3n) is 3.99. The van der Waals surface area contributed by atoms with Gasteiger partial charge in [-0.25, -0.2) is 0 Å². The molecule has 0 aromatic carbocycles. The Morgan fingerprint density at radius 2 is 2.38 bits per heavy atom. The van der Waals surface area contributed by atoms with Crippen molar-refractivity contribution in [2.24, 2.45) is 0 Å². The Bertz CT molecular complexity index is 502. The van der Waals surface area contributed by atoms with Gasteiger partial charge in [-0.1, -0.05) is 6.08 Å². The quantitative estimate of drug-likeness (QED) is 0.781. The molecule has 1 amide bonds. The first kappa shape index (κ1) is 15.8. The molecular weight excluding hydrogens is 266 g/mol. The molecule has 0 saturated carbocycles. The summed E-state index contributed by atoms with van der Waals surface area (Å²) in [5.74, 6) is 0.0840. The first-order valence-electron chi connectivity index (χ1n) is 7.64. The van der Waals surface area contributed by atoms with Crippen molar-refractivity contribution < 1.29 is 9.53 Å². The minimum Gasteiger partial charge on any atom is -0.376 e. The minimum absolute atomic E-state index is 0.0840. The van der Waals surface area contributed by atoms with E-state index in [0.29, 0.717) is 19.5 Å². The lowest BCUT2D eigenvalue weighted by Crippen LogP contribution is -2.31. The van der Waals surface area contributed by atoms with Crippen LogP contribution in [0.1, 0.15) is 36.2 Å². The summed E-state index contributed by atoms with van der Waals surface area (Å²) >= 11 is 0. The summed E-state index contributed by atoms with van der Waals surface area (Å²) in [7, 11) is 0. The van der Waals surface area contributed by atoms with E-state index in [1.54, 1.807) is 0 Å². The number of nitrogens with zero attached hydrogens (tertiary/aromatic N) is 2. The first-order chi connectivity index (χ1) is 10.1. The van der Waals surface area contributed by atoms with Crippen LogP contribution in [0.25, 0.3) is 0 Å². The number of rotatable bonds is 7. The van der Waals surface area contributed by atoms with Crippen LogP contribution in [-0.2, 0) is 22.5 Å². The molecule has 1 aliphatic heterocycles. The van der Waals surface area contributed by atoms with Gasteiger partial charge < -0.3 is 10.1 Å². The van der Waals surface area contributed by atoms with Crippen LogP contribution in [-0.4, -0.2) is 34.9 Å². The number of nitrogens with one attached hydrogen (secondary N) is 1. The molecule has 116 valence electrons. The van der Waals surface area contributed by atoms with Gasteiger partial charge in [-0.05, 0) is 38.7 Å². The number of hydrogen-bond donors (Lipinski definition) is 1. The van der Waals surface area contributed by atoms with Crippen LogP contribution in [0.2, 0.25) is 0 Å². The highest BCUT2D eigenvalue weighted by atomic mass is 16.5. The molecule has 1 saturated heterocycles. The minimum atomic E-state index is 0.0840. The largest absolute Gasteiger partial charge is 0.376 e. The van der Waals surface area contributed by atoms with Gasteiger partial charge in [-0.3, -0.25) is 9.48 Å². The van der Waals surface area contributed by atoms with E-state index in [0.717, 1.165) is 37.3 Å². The van der Waals surface area contributed by atoms with Crippen molar-refractivity contribution in [3.8, 4) is 0 Å². The van der Waals surface area contributed by atoms with Crippen LogP contribution in [0.5, 0.6) is 0 Å². The lowest BCUT2D eigenvalue weighted by atomic mass is 10.1. The van der Waals surface area contributed by atoms with Crippen LogP contribution in [0.3, 0.4) is 0 Å². The van der Waals surface area contributed by atoms with E-state index in [1.807, 2.05) is 24.6 Å². The third-order valence-corrected chi connectivity index (χ3v) is 3.99. The number of carbonyl (C=O) groups is 1.